The number of nitrogens with two attached hydrogens (primary N) is 1. The van der Waals surface area contributed by atoms with Crippen molar-refractivity contribution in [2.45, 2.75) is 19.9 Å². The zero-order valence-corrected chi connectivity index (χ0v) is 10.1. The van der Waals surface area contributed by atoms with Gasteiger partial charge in [-0.3, -0.25) is 5.43 Å². The number of methoxy groups -OCH3 is 1. The van der Waals surface area contributed by atoms with E-state index < -0.39 is 0 Å². The van der Waals surface area contributed by atoms with Gasteiger partial charge < -0.3 is 10.1 Å². The Hall–Kier alpha value is -1.82. The van der Waals surface area contributed by atoms with Crippen LogP contribution in [-0.2, 0) is 0 Å². The molecule has 6 heteroatoms. The van der Waals surface area contributed by atoms with Gasteiger partial charge in [-0.15, -0.1) is 0 Å². The number of benzene rings is 1. The molecule has 0 aliphatic rings. The van der Waals surface area contributed by atoms with Crippen LogP contribution < -0.4 is 21.3 Å². The third kappa shape index (κ3) is 3.92. The molecular formula is C11H17FN4O. The number of halogens is 1. The number of nitrogens with one attached hydrogen (secondary N) is 2. The molecule has 0 atom stereocenters. The SMILES string of the molecule is COc1cc(F)ccc1NC(=NC(C)C)NN. The van der Waals surface area contributed by atoms with Crippen LogP contribution >= 0.6 is 0 Å². The molecule has 0 radical (unpaired) electrons. The second-order valence-corrected chi connectivity index (χ2v) is 3.69. The van der Waals surface area contributed by atoms with Crippen LogP contribution in [0.15, 0.2) is 23.2 Å². The van der Waals surface area contributed by atoms with Crippen LogP contribution in [0.25, 0.3) is 0 Å². The van der Waals surface area contributed by atoms with Gasteiger partial charge in [0.15, 0.2) is 0 Å². The number of hydrazine groups is 1. The predicted molar refractivity (Wildman–Crippen MR) is 66.5 cm³/mol. The zero-order chi connectivity index (χ0) is 12.8. The molecule has 4 N–H and O–H groups in total. The van der Waals surface area contributed by atoms with Gasteiger partial charge in [-0.2, -0.15) is 0 Å². The Bertz CT molecular complexity index is 406. The summed E-state index contributed by atoms with van der Waals surface area (Å²) in [7, 11) is 1.47. The fourth-order valence-electron chi connectivity index (χ4n) is 1.26. The largest absolute Gasteiger partial charge is 0.494 e. The molecule has 1 aromatic rings. The lowest BCUT2D eigenvalue weighted by molar-refractivity contribution is 0.413. The quantitative estimate of drug-likeness (QED) is 0.324. The molecule has 0 aliphatic heterocycles. The van der Waals surface area contributed by atoms with E-state index in [0.717, 1.165) is 0 Å². The maximum absolute atomic E-state index is 13.0. The van der Waals surface area contributed by atoms with Crippen molar-refractivity contribution in [2.24, 2.45) is 10.8 Å². The van der Waals surface area contributed by atoms with E-state index in [2.05, 4.69) is 15.7 Å². The van der Waals surface area contributed by atoms with Crippen molar-refractivity contribution in [3.05, 3.63) is 24.0 Å². The molecule has 1 rings (SSSR count). The van der Waals surface area contributed by atoms with E-state index in [1.54, 1.807) is 6.07 Å². The van der Waals surface area contributed by atoms with Gasteiger partial charge in [0.05, 0.1) is 12.8 Å². The first-order valence-electron chi connectivity index (χ1n) is 5.21. The van der Waals surface area contributed by atoms with E-state index in [-0.39, 0.29) is 11.9 Å². The van der Waals surface area contributed by atoms with Crippen LogP contribution in [0, 0.1) is 5.82 Å². The van der Waals surface area contributed by atoms with Gasteiger partial charge in [-0.25, -0.2) is 15.2 Å². The minimum Gasteiger partial charge on any atom is -0.494 e. The van der Waals surface area contributed by atoms with Gasteiger partial charge in [-0.05, 0) is 26.0 Å². The van der Waals surface area contributed by atoms with Crippen LogP contribution in [-0.4, -0.2) is 19.1 Å². The maximum atomic E-state index is 13.0. The number of hydrogen-bond donors (Lipinski definition) is 3. The summed E-state index contributed by atoms with van der Waals surface area (Å²) in [6.07, 6.45) is 0. The Balaban J connectivity index is 2.93. The summed E-state index contributed by atoms with van der Waals surface area (Å²) in [4.78, 5) is 4.21. The monoisotopic (exact) mass is 240 g/mol. The molecule has 0 amide bonds. The van der Waals surface area contributed by atoms with E-state index in [1.165, 1.54) is 19.2 Å². The van der Waals surface area contributed by atoms with Crippen LogP contribution in [0.3, 0.4) is 0 Å². The standard InChI is InChI=1S/C11H17FN4O/c1-7(2)14-11(16-13)15-9-5-4-8(12)6-10(9)17-3/h4-7H,13H2,1-3H3,(H2,14,15,16). The molecule has 0 spiro atoms. The number of anilines is 1. The van der Waals surface area contributed by atoms with Crippen LogP contribution in [0.4, 0.5) is 10.1 Å². The predicted octanol–water partition coefficient (Wildman–Crippen LogP) is 1.47. The summed E-state index contributed by atoms with van der Waals surface area (Å²) in [5, 5.41) is 2.93. The second-order valence-electron chi connectivity index (χ2n) is 3.69. The van der Waals surface area contributed by atoms with Crippen molar-refractivity contribution in [1.29, 1.82) is 0 Å². The summed E-state index contributed by atoms with van der Waals surface area (Å²) >= 11 is 0. The first kappa shape index (κ1) is 13.2. The summed E-state index contributed by atoms with van der Waals surface area (Å²) < 4.78 is 18.0. The van der Waals surface area contributed by atoms with Crippen molar-refractivity contribution in [1.82, 2.24) is 5.43 Å². The van der Waals surface area contributed by atoms with Gasteiger partial charge in [-0.1, -0.05) is 0 Å². The summed E-state index contributed by atoms with van der Waals surface area (Å²) in [5.41, 5.74) is 3.03. The molecular weight excluding hydrogens is 223 g/mol. The van der Waals surface area contributed by atoms with Crippen LogP contribution in [0.2, 0.25) is 0 Å². The number of hydrogen-bond acceptors (Lipinski definition) is 3. The smallest absolute Gasteiger partial charge is 0.210 e. The van der Waals surface area contributed by atoms with Gasteiger partial charge in [0.2, 0.25) is 5.96 Å². The van der Waals surface area contributed by atoms with Crippen molar-refractivity contribution < 1.29 is 9.13 Å². The lowest BCUT2D eigenvalue weighted by Gasteiger charge is -2.13. The molecule has 1 aromatic carbocycles. The highest BCUT2D eigenvalue weighted by atomic mass is 19.1. The normalized spacial score (nSPS) is 11.5. The first-order chi connectivity index (χ1) is 8.06. The molecule has 0 aliphatic carbocycles. The fraction of sp³-hybridized carbons (Fsp3) is 0.364. The van der Waals surface area contributed by atoms with Gasteiger partial charge in [0, 0.05) is 12.1 Å². The molecule has 0 bridgehead atoms. The maximum Gasteiger partial charge on any atom is 0.210 e. The zero-order valence-electron chi connectivity index (χ0n) is 10.1. The van der Waals surface area contributed by atoms with Crippen molar-refractivity contribution >= 4 is 11.6 Å². The Kier molecular flexibility index (Phi) is 4.71. The van der Waals surface area contributed by atoms with E-state index in [4.69, 9.17) is 10.6 Å². The third-order valence-corrected chi connectivity index (χ3v) is 1.94. The Morgan fingerprint density at radius 3 is 2.71 bits per heavy atom. The number of ether oxygens (including phenoxy) is 1. The molecule has 0 heterocycles. The first-order valence-corrected chi connectivity index (χ1v) is 5.21. The highest BCUT2D eigenvalue weighted by Gasteiger charge is 2.06. The summed E-state index contributed by atoms with van der Waals surface area (Å²) in [6.45, 7) is 3.84. The van der Waals surface area contributed by atoms with Gasteiger partial charge in [0.1, 0.15) is 11.6 Å². The number of rotatable bonds is 3. The van der Waals surface area contributed by atoms with Crippen LogP contribution in [0.5, 0.6) is 5.75 Å². The Morgan fingerprint density at radius 2 is 2.18 bits per heavy atom. The minimum atomic E-state index is -0.365. The highest BCUT2D eigenvalue weighted by molar-refractivity contribution is 5.94. The number of guanidine groups is 1. The Labute approximate surface area is 99.8 Å². The lowest BCUT2D eigenvalue weighted by atomic mass is 10.3. The number of nitrogens with zero attached hydrogens (tertiary/aromatic N) is 1. The topological polar surface area (TPSA) is 71.7 Å². The van der Waals surface area contributed by atoms with Crippen molar-refractivity contribution in [3.8, 4) is 5.75 Å². The molecule has 94 valence electrons. The van der Waals surface area contributed by atoms with Gasteiger partial charge >= 0.3 is 0 Å². The average Bonchev–Trinajstić information content (AvgIpc) is 2.29. The fourth-order valence-corrected chi connectivity index (χ4v) is 1.26. The molecule has 0 saturated carbocycles. The average molecular weight is 240 g/mol. The van der Waals surface area contributed by atoms with E-state index in [9.17, 15) is 4.39 Å². The molecule has 0 unspecified atom stereocenters. The highest BCUT2D eigenvalue weighted by Crippen LogP contribution is 2.24. The molecule has 0 fully saturated rings. The molecule has 0 aromatic heterocycles. The summed E-state index contributed by atoms with van der Waals surface area (Å²) in [6, 6.07) is 4.25. The van der Waals surface area contributed by atoms with Crippen molar-refractivity contribution in [3.63, 3.8) is 0 Å². The second kappa shape index (κ2) is 6.05. The van der Waals surface area contributed by atoms with Crippen molar-refractivity contribution in [2.75, 3.05) is 12.4 Å². The van der Waals surface area contributed by atoms with Crippen LogP contribution in [0.1, 0.15) is 13.8 Å². The molecule has 17 heavy (non-hydrogen) atoms. The van der Waals surface area contributed by atoms with E-state index in [0.29, 0.717) is 17.4 Å². The van der Waals surface area contributed by atoms with E-state index >= 15 is 0 Å². The molecule has 5 nitrogen and oxygen atoms in total. The van der Waals surface area contributed by atoms with E-state index in [1.807, 2.05) is 13.8 Å². The molecule has 0 saturated heterocycles. The minimum absolute atomic E-state index is 0.0833. The summed E-state index contributed by atoms with van der Waals surface area (Å²) in [5.74, 6) is 5.75. The lowest BCUT2D eigenvalue weighted by Crippen LogP contribution is -2.37. The van der Waals surface area contributed by atoms with Gasteiger partial charge in [0.25, 0.3) is 0 Å². The Morgan fingerprint density at radius 1 is 1.47 bits per heavy atom. The number of aliphatic imine (C=N–C) groups is 1. The third-order valence-electron chi connectivity index (χ3n) is 1.94.